The molecule has 118 valence electrons. The van der Waals surface area contributed by atoms with E-state index >= 15 is 0 Å². The average Bonchev–Trinajstić information content (AvgIpc) is 2.48. The van der Waals surface area contributed by atoms with E-state index in [1.165, 1.54) is 51.7 Å². The second-order valence-electron chi connectivity index (χ2n) is 6.98. The Morgan fingerprint density at radius 2 is 1.80 bits per heavy atom. The summed E-state index contributed by atoms with van der Waals surface area (Å²) in [7, 11) is 2.39. The molecule has 3 nitrogen and oxygen atoms in total. The number of rotatable bonds is 5. The third kappa shape index (κ3) is 3.96. The van der Waals surface area contributed by atoms with Gasteiger partial charge in [0.1, 0.15) is 0 Å². The Kier molecular flexibility index (Phi) is 6.31. The summed E-state index contributed by atoms with van der Waals surface area (Å²) in [4.78, 5) is 5.32. The summed E-state index contributed by atoms with van der Waals surface area (Å²) < 4.78 is 0. The van der Waals surface area contributed by atoms with Crippen LogP contribution in [0.4, 0.5) is 0 Å². The molecule has 3 heteroatoms. The van der Waals surface area contributed by atoms with Crippen molar-refractivity contribution in [3.8, 4) is 0 Å². The van der Waals surface area contributed by atoms with Crippen molar-refractivity contribution < 1.29 is 0 Å². The summed E-state index contributed by atoms with van der Waals surface area (Å²) in [6.07, 6.45) is 6.85. The lowest BCUT2D eigenvalue weighted by Crippen LogP contribution is -2.56. The van der Waals surface area contributed by atoms with E-state index in [1.54, 1.807) is 0 Å². The van der Waals surface area contributed by atoms with E-state index in [2.05, 4.69) is 42.9 Å². The maximum absolute atomic E-state index is 3.74. The molecule has 0 radical (unpaired) electrons. The first-order valence-corrected chi connectivity index (χ1v) is 8.83. The zero-order valence-corrected chi connectivity index (χ0v) is 14.1. The van der Waals surface area contributed by atoms with Crippen LogP contribution in [0.25, 0.3) is 0 Å². The van der Waals surface area contributed by atoms with Gasteiger partial charge >= 0.3 is 0 Å². The zero-order chi connectivity index (χ0) is 14.5. The number of likely N-dealkylation sites (tertiary alicyclic amines) is 1. The Labute approximate surface area is 126 Å². The van der Waals surface area contributed by atoms with E-state index in [4.69, 9.17) is 0 Å². The molecule has 1 N–H and O–H groups in total. The SMILES string of the molecule is CCNC1CCC(C)CC1N(C)C1CCN(CC)CC1. The molecular weight excluding hydrogens is 246 g/mol. The van der Waals surface area contributed by atoms with Gasteiger partial charge in [-0.25, -0.2) is 0 Å². The molecule has 1 saturated heterocycles. The number of piperidine rings is 1. The van der Waals surface area contributed by atoms with Gasteiger partial charge in [-0.3, -0.25) is 4.90 Å². The average molecular weight is 281 g/mol. The maximum atomic E-state index is 3.74. The molecule has 1 saturated carbocycles. The second-order valence-corrected chi connectivity index (χ2v) is 6.98. The van der Waals surface area contributed by atoms with Gasteiger partial charge in [0.2, 0.25) is 0 Å². The normalized spacial score (nSPS) is 33.8. The van der Waals surface area contributed by atoms with Gasteiger partial charge in [0.15, 0.2) is 0 Å². The largest absolute Gasteiger partial charge is 0.313 e. The van der Waals surface area contributed by atoms with Crippen molar-refractivity contribution in [1.82, 2.24) is 15.1 Å². The molecule has 1 aliphatic carbocycles. The van der Waals surface area contributed by atoms with Gasteiger partial charge in [-0.1, -0.05) is 20.8 Å². The van der Waals surface area contributed by atoms with Crippen LogP contribution in [0.3, 0.4) is 0 Å². The predicted octanol–water partition coefficient (Wildman–Crippen LogP) is 2.57. The standard InChI is InChI=1S/C17H35N3/c1-5-18-16-8-7-14(3)13-17(16)19(4)15-9-11-20(6-2)12-10-15/h14-18H,5-13H2,1-4H3. The Morgan fingerprint density at radius 3 is 2.40 bits per heavy atom. The fourth-order valence-electron chi connectivity index (χ4n) is 4.21. The van der Waals surface area contributed by atoms with Gasteiger partial charge in [0.05, 0.1) is 0 Å². The van der Waals surface area contributed by atoms with E-state index in [1.807, 2.05) is 0 Å². The van der Waals surface area contributed by atoms with Gasteiger partial charge in [-0.2, -0.15) is 0 Å². The Balaban J connectivity index is 1.92. The number of nitrogens with one attached hydrogen (secondary N) is 1. The van der Waals surface area contributed by atoms with Gasteiger partial charge in [0, 0.05) is 18.1 Å². The summed E-state index contributed by atoms with van der Waals surface area (Å²) in [6.45, 7) is 11.9. The zero-order valence-electron chi connectivity index (χ0n) is 14.1. The quantitative estimate of drug-likeness (QED) is 0.835. The van der Waals surface area contributed by atoms with Crippen LogP contribution in [0, 0.1) is 5.92 Å². The molecule has 0 spiro atoms. The number of hydrogen-bond acceptors (Lipinski definition) is 3. The highest BCUT2D eigenvalue weighted by atomic mass is 15.2. The van der Waals surface area contributed by atoms with Crippen molar-refractivity contribution in [2.24, 2.45) is 5.92 Å². The van der Waals surface area contributed by atoms with Crippen LogP contribution < -0.4 is 5.32 Å². The maximum Gasteiger partial charge on any atom is 0.0251 e. The lowest BCUT2D eigenvalue weighted by atomic mass is 9.81. The molecule has 2 fully saturated rings. The lowest BCUT2D eigenvalue weighted by Gasteiger charge is -2.46. The molecule has 3 unspecified atom stereocenters. The van der Waals surface area contributed by atoms with Crippen molar-refractivity contribution in [2.75, 3.05) is 33.2 Å². The molecule has 20 heavy (non-hydrogen) atoms. The minimum absolute atomic E-state index is 0.713. The van der Waals surface area contributed by atoms with Crippen molar-refractivity contribution in [3.05, 3.63) is 0 Å². The first-order chi connectivity index (χ1) is 9.65. The minimum Gasteiger partial charge on any atom is -0.313 e. The highest BCUT2D eigenvalue weighted by molar-refractivity contribution is 4.92. The van der Waals surface area contributed by atoms with Crippen LogP contribution in [-0.2, 0) is 0 Å². The van der Waals surface area contributed by atoms with Crippen molar-refractivity contribution >= 4 is 0 Å². The number of likely N-dealkylation sites (N-methyl/N-ethyl adjacent to an activating group) is 2. The molecule has 0 amide bonds. The molecular formula is C17H35N3. The predicted molar refractivity (Wildman–Crippen MR) is 87.2 cm³/mol. The van der Waals surface area contributed by atoms with Crippen LogP contribution in [-0.4, -0.2) is 61.2 Å². The van der Waals surface area contributed by atoms with E-state index in [-0.39, 0.29) is 0 Å². The van der Waals surface area contributed by atoms with Crippen molar-refractivity contribution in [2.45, 2.75) is 71.0 Å². The van der Waals surface area contributed by atoms with Gasteiger partial charge in [0.25, 0.3) is 0 Å². The van der Waals surface area contributed by atoms with Crippen LogP contribution in [0.5, 0.6) is 0 Å². The third-order valence-corrected chi connectivity index (χ3v) is 5.65. The monoisotopic (exact) mass is 281 g/mol. The fraction of sp³-hybridized carbons (Fsp3) is 1.00. The van der Waals surface area contributed by atoms with Crippen molar-refractivity contribution in [1.29, 1.82) is 0 Å². The number of hydrogen-bond donors (Lipinski definition) is 1. The van der Waals surface area contributed by atoms with Gasteiger partial charge < -0.3 is 10.2 Å². The van der Waals surface area contributed by atoms with E-state index in [0.717, 1.165) is 24.5 Å². The first kappa shape index (κ1) is 16.3. The Morgan fingerprint density at radius 1 is 1.10 bits per heavy atom. The Bertz CT molecular complexity index is 273. The van der Waals surface area contributed by atoms with Crippen molar-refractivity contribution in [3.63, 3.8) is 0 Å². The topological polar surface area (TPSA) is 18.5 Å². The molecule has 2 rings (SSSR count). The molecule has 2 aliphatic rings. The van der Waals surface area contributed by atoms with Crippen LogP contribution in [0.2, 0.25) is 0 Å². The summed E-state index contributed by atoms with van der Waals surface area (Å²) in [6, 6.07) is 2.26. The minimum atomic E-state index is 0.713. The smallest absolute Gasteiger partial charge is 0.0251 e. The summed E-state index contributed by atoms with van der Waals surface area (Å²) in [5, 5.41) is 3.74. The van der Waals surface area contributed by atoms with Crippen LogP contribution in [0.15, 0.2) is 0 Å². The highest BCUT2D eigenvalue weighted by Gasteiger charge is 2.34. The lowest BCUT2D eigenvalue weighted by molar-refractivity contribution is 0.0535. The first-order valence-electron chi connectivity index (χ1n) is 8.83. The molecule has 1 heterocycles. The molecule has 3 atom stereocenters. The van der Waals surface area contributed by atoms with Crippen LogP contribution in [0.1, 0.15) is 52.9 Å². The summed E-state index contributed by atoms with van der Waals surface area (Å²) >= 11 is 0. The number of nitrogens with zero attached hydrogens (tertiary/aromatic N) is 2. The highest BCUT2D eigenvalue weighted by Crippen LogP contribution is 2.30. The molecule has 0 bridgehead atoms. The Hall–Kier alpha value is -0.120. The fourth-order valence-corrected chi connectivity index (χ4v) is 4.21. The molecule has 0 aromatic rings. The molecule has 0 aromatic carbocycles. The van der Waals surface area contributed by atoms with Gasteiger partial charge in [-0.05, 0) is 71.2 Å². The molecule has 1 aliphatic heterocycles. The van der Waals surface area contributed by atoms with E-state index in [9.17, 15) is 0 Å². The third-order valence-electron chi connectivity index (χ3n) is 5.65. The van der Waals surface area contributed by atoms with E-state index < -0.39 is 0 Å². The van der Waals surface area contributed by atoms with Crippen LogP contribution >= 0.6 is 0 Å². The molecule has 0 aromatic heterocycles. The summed E-state index contributed by atoms with van der Waals surface area (Å²) in [5.74, 6) is 0.896. The van der Waals surface area contributed by atoms with E-state index in [0.29, 0.717) is 6.04 Å². The van der Waals surface area contributed by atoms with Gasteiger partial charge in [-0.15, -0.1) is 0 Å². The summed E-state index contributed by atoms with van der Waals surface area (Å²) in [5.41, 5.74) is 0. The second kappa shape index (κ2) is 7.77.